The molecule has 0 spiro atoms. The average Bonchev–Trinajstić information content (AvgIpc) is 1.66. The second-order valence-electron chi connectivity index (χ2n) is 1.89. The maximum atomic E-state index is 5.48. The van der Waals surface area contributed by atoms with Crippen LogP contribution in [0.2, 0.25) is 6.32 Å². The van der Waals surface area contributed by atoms with Crippen LogP contribution in [0.5, 0.6) is 0 Å². The van der Waals surface area contributed by atoms with E-state index in [1.807, 2.05) is 0 Å². The zero-order valence-corrected chi connectivity index (χ0v) is 6.67. The van der Waals surface area contributed by atoms with Gasteiger partial charge in [-0.3, -0.25) is 0 Å². The van der Waals surface area contributed by atoms with Gasteiger partial charge in [0, 0.05) is 0 Å². The predicted molar refractivity (Wildman–Crippen MR) is 42.4 cm³/mol. The van der Waals surface area contributed by atoms with Gasteiger partial charge in [0.1, 0.15) is 0 Å². The lowest BCUT2D eigenvalue weighted by Crippen LogP contribution is -1.99. The molecule has 0 aromatic heterocycles. The molecular weight excluding hydrogens is 142 g/mol. The van der Waals surface area contributed by atoms with Gasteiger partial charge >= 0.3 is 0 Å². The molecule has 0 bridgehead atoms. The van der Waals surface area contributed by atoms with Gasteiger partial charge in [-0.05, 0) is 0 Å². The van der Waals surface area contributed by atoms with Crippen molar-refractivity contribution in [3.8, 4) is 0 Å². The van der Waals surface area contributed by atoms with Gasteiger partial charge in [-0.1, -0.05) is 26.1 Å². The molecular formula is C5H11BCl2. The van der Waals surface area contributed by atoms with Crippen molar-refractivity contribution in [1.82, 2.24) is 0 Å². The van der Waals surface area contributed by atoms with Gasteiger partial charge in [-0.15, -0.1) is 23.2 Å². The highest BCUT2D eigenvalue weighted by atomic mass is 35.5. The summed E-state index contributed by atoms with van der Waals surface area (Å²) in [5.41, 5.74) is 0. The highest BCUT2D eigenvalue weighted by Crippen LogP contribution is 2.03. The van der Waals surface area contributed by atoms with Gasteiger partial charge in [0.25, 0.3) is 0 Å². The van der Waals surface area contributed by atoms with Crippen LogP contribution in [0.3, 0.4) is 0 Å². The van der Waals surface area contributed by atoms with Crippen LogP contribution < -0.4 is 0 Å². The summed E-state index contributed by atoms with van der Waals surface area (Å²) in [7, 11) is 0.941. The van der Waals surface area contributed by atoms with E-state index in [9.17, 15) is 0 Å². The highest BCUT2D eigenvalue weighted by Gasteiger charge is 1.98. The third kappa shape index (κ3) is 6.64. The lowest BCUT2D eigenvalue weighted by molar-refractivity contribution is 0.879. The van der Waals surface area contributed by atoms with Crippen molar-refractivity contribution in [3.63, 3.8) is 0 Å². The lowest BCUT2D eigenvalue weighted by atomic mass is 9.75. The Balaban J connectivity index is 2.72. The molecule has 0 saturated heterocycles. The number of alkyl halides is 2. The van der Waals surface area contributed by atoms with Crippen molar-refractivity contribution in [2.75, 3.05) is 0 Å². The van der Waals surface area contributed by atoms with E-state index in [1.54, 1.807) is 0 Å². The number of halogens is 2. The van der Waals surface area contributed by atoms with Crippen LogP contribution in [0.25, 0.3) is 0 Å². The number of hydrogen-bond donors (Lipinski definition) is 0. The third-order valence-electron chi connectivity index (χ3n) is 1.03. The summed E-state index contributed by atoms with van der Waals surface area (Å²) in [6.07, 6.45) is 3.64. The van der Waals surface area contributed by atoms with E-state index < -0.39 is 0 Å². The summed E-state index contributed by atoms with van der Waals surface area (Å²) in [6, 6.07) is 0. The quantitative estimate of drug-likeness (QED) is 0.330. The minimum absolute atomic E-state index is 0.151. The first-order valence-electron chi connectivity index (χ1n) is 3.05. The van der Waals surface area contributed by atoms with Gasteiger partial charge in [-0.2, -0.15) is 0 Å². The topological polar surface area (TPSA) is 0 Å². The van der Waals surface area contributed by atoms with Gasteiger partial charge in [0.15, 0.2) is 7.28 Å². The van der Waals surface area contributed by atoms with E-state index in [2.05, 4.69) is 6.92 Å². The molecule has 0 aromatic rings. The SMILES string of the molecule is CCCCBC(Cl)Cl. The van der Waals surface area contributed by atoms with Gasteiger partial charge < -0.3 is 0 Å². The van der Waals surface area contributed by atoms with Crippen molar-refractivity contribution in [1.29, 1.82) is 0 Å². The van der Waals surface area contributed by atoms with Crippen LogP contribution in [0, 0.1) is 0 Å². The number of rotatable bonds is 4. The standard InChI is InChI=1S/C5H11BCl2/c1-2-3-4-6-5(7)8/h5-6H,2-4H2,1H3. The largest absolute Gasteiger partial charge is 0.162 e. The van der Waals surface area contributed by atoms with Crippen molar-refractivity contribution in [2.24, 2.45) is 0 Å². The maximum Gasteiger partial charge on any atom is 0.162 e. The van der Waals surface area contributed by atoms with Crippen molar-refractivity contribution >= 4 is 30.5 Å². The molecule has 0 heterocycles. The fourth-order valence-corrected chi connectivity index (χ4v) is 0.857. The van der Waals surface area contributed by atoms with E-state index in [0.29, 0.717) is 0 Å². The molecule has 3 heteroatoms. The van der Waals surface area contributed by atoms with Crippen LogP contribution in [-0.2, 0) is 0 Å². The Labute approximate surface area is 61.8 Å². The summed E-state index contributed by atoms with van der Waals surface area (Å²) in [6.45, 7) is 2.16. The van der Waals surface area contributed by atoms with Crippen LogP contribution in [0.1, 0.15) is 19.8 Å². The van der Waals surface area contributed by atoms with Crippen LogP contribution in [0.4, 0.5) is 0 Å². The Hall–Kier alpha value is 0.645. The summed E-state index contributed by atoms with van der Waals surface area (Å²) in [5, 5.41) is 0. The second kappa shape index (κ2) is 5.78. The summed E-state index contributed by atoms with van der Waals surface area (Å²) in [5.74, 6) is 0. The fraction of sp³-hybridized carbons (Fsp3) is 1.00. The van der Waals surface area contributed by atoms with Crippen LogP contribution in [0.15, 0.2) is 0 Å². The Bertz CT molecular complexity index is 47.7. The number of unbranched alkanes of at least 4 members (excludes halogenated alkanes) is 1. The molecule has 0 rings (SSSR count). The van der Waals surface area contributed by atoms with Gasteiger partial charge in [-0.25, -0.2) is 0 Å². The molecule has 0 saturated carbocycles. The zero-order valence-electron chi connectivity index (χ0n) is 5.16. The summed E-state index contributed by atoms with van der Waals surface area (Å²) < 4.78 is -0.151. The number of hydrogen-bond acceptors (Lipinski definition) is 0. The Morgan fingerprint density at radius 2 is 2.12 bits per heavy atom. The summed E-state index contributed by atoms with van der Waals surface area (Å²) in [4.78, 5) is 0. The Morgan fingerprint density at radius 3 is 2.50 bits per heavy atom. The first-order chi connectivity index (χ1) is 3.77. The molecule has 0 nitrogen and oxygen atoms in total. The molecule has 0 unspecified atom stereocenters. The minimum Gasteiger partial charge on any atom is -0.115 e. The van der Waals surface area contributed by atoms with Gasteiger partial charge in [0.05, 0.1) is 4.74 Å². The first-order valence-corrected chi connectivity index (χ1v) is 3.92. The van der Waals surface area contributed by atoms with E-state index in [1.165, 1.54) is 12.8 Å². The maximum absolute atomic E-state index is 5.48. The first kappa shape index (κ1) is 8.64. The van der Waals surface area contributed by atoms with Crippen LogP contribution >= 0.6 is 23.2 Å². The molecule has 0 aliphatic heterocycles. The van der Waals surface area contributed by atoms with E-state index in [-0.39, 0.29) is 4.74 Å². The molecule has 0 fully saturated rings. The highest BCUT2D eigenvalue weighted by molar-refractivity contribution is 6.68. The monoisotopic (exact) mass is 152 g/mol. The van der Waals surface area contributed by atoms with E-state index in [0.717, 1.165) is 13.6 Å². The molecule has 0 amide bonds. The zero-order chi connectivity index (χ0) is 6.41. The molecule has 0 aromatic carbocycles. The van der Waals surface area contributed by atoms with E-state index in [4.69, 9.17) is 23.2 Å². The minimum atomic E-state index is -0.151. The molecule has 0 atom stereocenters. The molecule has 48 valence electrons. The predicted octanol–water partition coefficient (Wildman–Crippen LogP) is 2.40. The second-order valence-corrected chi connectivity index (χ2v) is 3.16. The molecule has 0 aliphatic carbocycles. The molecule has 0 radical (unpaired) electrons. The van der Waals surface area contributed by atoms with Crippen molar-refractivity contribution in [3.05, 3.63) is 0 Å². The van der Waals surface area contributed by atoms with Crippen LogP contribution in [-0.4, -0.2) is 12.0 Å². The average molecular weight is 153 g/mol. The normalized spacial score (nSPS) is 10.0. The lowest BCUT2D eigenvalue weighted by Gasteiger charge is -1.94. The Morgan fingerprint density at radius 1 is 1.50 bits per heavy atom. The van der Waals surface area contributed by atoms with Crippen molar-refractivity contribution < 1.29 is 0 Å². The molecule has 0 aliphatic rings. The molecule has 0 N–H and O–H groups in total. The fourth-order valence-electron chi connectivity index (χ4n) is 0.549. The molecule has 8 heavy (non-hydrogen) atoms. The van der Waals surface area contributed by atoms with E-state index >= 15 is 0 Å². The summed E-state index contributed by atoms with van der Waals surface area (Å²) >= 11 is 11.0. The van der Waals surface area contributed by atoms with Crippen molar-refractivity contribution in [2.45, 2.75) is 30.8 Å². The Kier molecular flexibility index (Phi) is 6.24. The smallest absolute Gasteiger partial charge is 0.115 e. The van der Waals surface area contributed by atoms with Gasteiger partial charge in [0.2, 0.25) is 0 Å². The third-order valence-corrected chi connectivity index (χ3v) is 1.46.